The summed E-state index contributed by atoms with van der Waals surface area (Å²) in [6.45, 7) is 2.38. The Labute approximate surface area is 151 Å². The van der Waals surface area contributed by atoms with Gasteiger partial charge in [-0.3, -0.25) is 0 Å². The van der Waals surface area contributed by atoms with Gasteiger partial charge < -0.3 is 4.74 Å². The predicted octanol–water partition coefficient (Wildman–Crippen LogP) is 6.54. The number of halogens is 2. The molecular weight excluding hydrogens is 318 g/mol. The summed E-state index contributed by atoms with van der Waals surface area (Å²) in [6.07, 6.45) is 12.5. The van der Waals surface area contributed by atoms with Gasteiger partial charge in [-0.2, -0.15) is 4.39 Å². The van der Waals surface area contributed by atoms with Crippen LogP contribution in [-0.4, -0.2) is 7.11 Å². The molecule has 1 nitrogen and oxygen atoms in total. The smallest absolute Gasteiger partial charge is 0.200 e. The number of hydrogen-bond acceptors (Lipinski definition) is 1. The van der Waals surface area contributed by atoms with Crippen molar-refractivity contribution in [2.45, 2.75) is 71.1 Å². The maximum absolute atomic E-state index is 14.1. The Hall–Kier alpha value is -1.12. The van der Waals surface area contributed by atoms with E-state index in [-0.39, 0.29) is 5.75 Å². The summed E-state index contributed by atoms with van der Waals surface area (Å²) in [4.78, 5) is 0. The molecule has 2 fully saturated rings. The fraction of sp³-hybridized carbons (Fsp3) is 0.727. The number of aryl methyl sites for hydroxylation is 1. The van der Waals surface area contributed by atoms with E-state index < -0.39 is 11.6 Å². The number of hydrogen-bond donors (Lipinski definition) is 0. The van der Waals surface area contributed by atoms with Crippen molar-refractivity contribution in [1.82, 2.24) is 0 Å². The predicted molar refractivity (Wildman–Crippen MR) is 97.8 cm³/mol. The van der Waals surface area contributed by atoms with E-state index in [2.05, 4.69) is 6.92 Å². The Morgan fingerprint density at radius 3 is 2.08 bits per heavy atom. The van der Waals surface area contributed by atoms with Crippen LogP contribution in [0.3, 0.4) is 0 Å². The van der Waals surface area contributed by atoms with Crippen LogP contribution in [0.1, 0.15) is 70.3 Å². The van der Waals surface area contributed by atoms with E-state index in [4.69, 9.17) is 4.74 Å². The van der Waals surface area contributed by atoms with Crippen LogP contribution in [0.5, 0.6) is 5.75 Å². The largest absolute Gasteiger partial charge is 0.494 e. The zero-order valence-electron chi connectivity index (χ0n) is 15.7. The molecule has 0 bridgehead atoms. The molecule has 3 heteroatoms. The molecule has 140 valence electrons. The molecule has 0 atom stereocenters. The van der Waals surface area contributed by atoms with Crippen molar-refractivity contribution in [3.05, 3.63) is 29.3 Å². The first kappa shape index (κ1) is 18.7. The third-order valence-corrected chi connectivity index (χ3v) is 6.79. The summed E-state index contributed by atoms with van der Waals surface area (Å²) in [6, 6.07) is 3.21. The van der Waals surface area contributed by atoms with E-state index in [1.165, 1.54) is 64.5 Å². The highest BCUT2D eigenvalue weighted by Gasteiger charge is 2.30. The molecule has 3 rings (SSSR count). The zero-order chi connectivity index (χ0) is 17.8. The second-order valence-corrected chi connectivity index (χ2v) is 8.39. The van der Waals surface area contributed by atoms with Crippen LogP contribution in [0.2, 0.25) is 0 Å². The molecule has 0 radical (unpaired) electrons. The first-order valence-corrected chi connectivity index (χ1v) is 10.1. The van der Waals surface area contributed by atoms with Crippen molar-refractivity contribution in [1.29, 1.82) is 0 Å². The summed E-state index contributed by atoms with van der Waals surface area (Å²) < 4.78 is 32.7. The van der Waals surface area contributed by atoms with Gasteiger partial charge in [-0.25, -0.2) is 4.39 Å². The van der Waals surface area contributed by atoms with Crippen molar-refractivity contribution in [3.63, 3.8) is 0 Å². The monoisotopic (exact) mass is 350 g/mol. The molecule has 0 heterocycles. The van der Waals surface area contributed by atoms with Gasteiger partial charge in [-0.05, 0) is 73.8 Å². The third kappa shape index (κ3) is 4.54. The highest BCUT2D eigenvalue weighted by atomic mass is 19.2. The molecule has 0 saturated heterocycles. The van der Waals surface area contributed by atoms with E-state index in [9.17, 15) is 8.78 Å². The van der Waals surface area contributed by atoms with Gasteiger partial charge in [0.15, 0.2) is 11.6 Å². The average molecular weight is 350 g/mol. The van der Waals surface area contributed by atoms with Crippen LogP contribution in [0.15, 0.2) is 12.1 Å². The van der Waals surface area contributed by atoms with Crippen LogP contribution in [0.4, 0.5) is 8.78 Å². The SMILES string of the molecule is COc1ccc(CCC2CCC(C3CCC(C)CC3)CC2)c(F)c1F. The fourth-order valence-corrected chi connectivity index (χ4v) is 4.99. The van der Waals surface area contributed by atoms with Crippen LogP contribution in [0.25, 0.3) is 0 Å². The van der Waals surface area contributed by atoms with Crippen molar-refractivity contribution in [2.24, 2.45) is 23.7 Å². The lowest BCUT2D eigenvalue weighted by Gasteiger charge is -2.37. The molecule has 0 aliphatic heterocycles. The lowest BCUT2D eigenvalue weighted by Crippen LogP contribution is -2.25. The van der Waals surface area contributed by atoms with E-state index in [0.717, 1.165) is 24.2 Å². The molecule has 1 aromatic carbocycles. The lowest BCUT2D eigenvalue weighted by molar-refractivity contribution is 0.147. The van der Waals surface area contributed by atoms with Crippen molar-refractivity contribution in [2.75, 3.05) is 7.11 Å². The van der Waals surface area contributed by atoms with Crippen molar-refractivity contribution in [3.8, 4) is 5.75 Å². The minimum absolute atomic E-state index is 0.0106. The van der Waals surface area contributed by atoms with E-state index in [0.29, 0.717) is 17.9 Å². The normalized spacial score (nSPS) is 30.2. The molecule has 25 heavy (non-hydrogen) atoms. The lowest BCUT2D eigenvalue weighted by atomic mass is 9.69. The first-order chi connectivity index (χ1) is 12.1. The number of benzene rings is 1. The van der Waals surface area contributed by atoms with Gasteiger partial charge in [0.25, 0.3) is 0 Å². The summed E-state index contributed by atoms with van der Waals surface area (Å²) in [5.41, 5.74) is 0.488. The summed E-state index contributed by atoms with van der Waals surface area (Å²) in [5.74, 6) is 1.86. The van der Waals surface area contributed by atoms with Gasteiger partial charge in [0.1, 0.15) is 0 Å². The average Bonchev–Trinajstić information content (AvgIpc) is 2.64. The number of methoxy groups -OCH3 is 1. The minimum Gasteiger partial charge on any atom is -0.494 e. The minimum atomic E-state index is -0.852. The quantitative estimate of drug-likeness (QED) is 0.586. The molecule has 0 aromatic heterocycles. The second-order valence-electron chi connectivity index (χ2n) is 8.39. The zero-order valence-corrected chi connectivity index (χ0v) is 15.7. The van der Waals surface area contributed by atoms with E-state index in [1.54, 1.807) is 6.07 Å². The van der Waals surface area contributed by atoms with E-state index >= 15 is 0 Å². The molecular formula is C22H32F2O. The second kappa shape index (κ2) is 8.51. The van der Waals surface area contributed by atoms with Crippen molar-refractivity contribution < 1.29 is 13.5 Å². The van der Waals surface area contributed by atoms with Gasteiger partial charge in [-0.15, -0.1) is 0 Å². The standard InChI is InChI=1S/C22H32F2O/c1-15-3-8-17(9-4-15)18-10-5-16(6-11-18)7-12-19-13-14-20(25-2)22(24)21(19)23/h13-18H,3-12H2,1-2H3. The van der Waals surface area contributed by atoms with Gasteiger partial charge in [-0.1, -0.05) is 38.7 Å². The topological polar surface area (TPSA) is 9.23 Å². The van der Waals surface area contributed by atoms with Crippen molar-refractivity contribution >= 4 is 0 Å². The Morgan fingerprint density at radius 2 is 1.48 bits per heavy atom. The van der Waals surface area contributed by atoms with Crippen LogP contribution < -0.4 is 4.74 Å². The van der Waals surface area contributed by atoms with Gasteiger partial charge in [0.2, 0.25) is 5.82 Å². The van der Waals surface area contributed by atoms with E-state index in [1.807, 2.05) is 0 Å². The van der Waals surface area contributed by atoms with Crippen LogP contribution in [-0.2, 0) is 6.42 Å². The molecule has 0 unspecified atom stereocenters. The first-order valence-electron chi connectivity index (χ1n) is 10.1. The fourth-order valence-electron chi connectivity index (χ4n) is 4.99. The summed E-state index contributed by atoms with van der Waals surface area (Å²) in [5, 5.41) is 0. The Morgan fingerprint density at radius 1 is 0.880 bits per heavy atom. The highest BCUT2D eigenvalue weighted by Crippen LogP contribution is 2.42. The maximum atomic E-state index is 14.1. The van der Waals surface area contributed by atoms with Gasteiger partial charge in [0, 0.05) is 0 Å². The number of rotatable bonds is 5. The van der Waals surface area contributed by atoms with Gasteiger partial charge in [0.05, 0.1) is 7.11 Å². The van der Waals surface area contributed by atoms with Crippen LogP contribution in [0, 0.1) is 35.3 Å². The molecule has 2 aliphatic rings. The molecule has 0 N–H and O–H groups in total. The van der Waals surface area contributed by atoms with Gasteiger partial charge >= 0.3 is 0 Å². The summed E-state index contributed by atoms with van der Waals surface area (Å²) >= 11 is 0. The Bertz CT molecular complexity index is 555. The Kier molecular flexibility index (Phi) is 6.35. The highest BCUT2D eigenvalue weighted by molar-refractivity contribution is 5.31. The number of ether oxygens (including phenoxy) is 1. The van der Waals surface area contributed by atoms with Crippen LogP contribution >= 0.6 is 0 Å². The third-order valence-electron chi connectivity index (χ3n) is 6.79. The Balaban J connectivity index is 1.46. The summed E-state index contributed by atoms with van der Waals surface area (Å²) in [7, 11) is 1.36. The molecule has 0 amide bonds. The molecule has 0 spiro atoms. The molecule has 1 aromatic rings. The molecule has 2 aliphatic carbocycles. The molecule has 2 saturated carbocycles. The maximum Gasteiger partial charge on any atom is 0.200 e.